The Bertz CT molecular complexity index is 692. The molecule has 0 atom stereocenters. The molecule has 100 valence electrons. The van der Waals surface area contributed by atoms with Crippen molar-refractivity contribution in [3.05, 3.63) is 78.4 Å². The molecule has 0 unspecified atom stereocenters. The van der Waals surface area contributed by atoms with Crippen molar-refractivity contribution in [1.82, 2.24) is 9.78 Å². The van der Waals surface area contributed by atoms with Crippen molar-refractivity contribution in [1.29, 1.82) is 0 Å². The SMILES string of the molecule is Fc1cccc(CNc2ccccc2-n2cccn2)c1. The van der Waals surface area contributed by atoms with Gasteiger partial charge < -0.3 is 5.32 Å². The molecule has 1 heterocycles. The van der Waals surface area contributed by atoms with Crippen LogP contribution < -0.4 is 5.32 Å². The first-order valence-electron chi connectivity index (χ1n) is 6.40. The lowest BCUT2D eigenvalue weighted by atomic mass is 10.2. The van der Waals surface area contributed by atoms with Crippen LogP contribution in [0.15, 0.2) is 67.0 Å². The average Bonchev–Trinajstić information content (AvgIpc) is 3.00. The summed E-state index contributed by atoms with van der Waals surface area (Å²) in [4.78, 5) is 0. The number of rotatable bonds is 4. The molecule has 0 saturated carbocycles. The quantitative estimate of drug-likeness (QED) is 0.782. The molecule has 3 rings (SSSR count). The molecule has 0 aliphatic heterocycles. The fourth-order valence-electron chi connectivity index (χ4n) is 2.08. The van der Waals surface area contributed by atoms with E-state index in [1.165, 1.54) is 12.1 Å². The van der Waals surface area contributed by atoms with Crippen LogP contribution in [0.25, 0.3) is 5.69 Å². The number of nitrogens with one attached hydrogen (secondary N) is 1. The molecule has 0 aliphatic rings. The molecule has 0 spiro atoms. The molecule has 1 N–H and O–H groups in total. The van der Waals surface area contributed by atoms with Gasteiger partial charge in [-0.25, -0.2) is 9.07 Å². The molecule has 0 amide bonds. The Balaban J connectivity index is 1.81. The Morgan fingerprint density at radius 1 is 1.05 bits per heavy atom. The lowest BCUT2D eigenvalue weighted by molar-refractivity contribution is 0.626. The zero-order chi connectivity index (χ0) is 13.8. The summed E-state index contributed by atoms with van der Waals surface area (Å²) in [5, 5.41) is 7.55. The maximum atomic E-state index is 13.2. The van der Waals surface area contributed by atoms with E-state index in [1.807, 2.05) is 42.6 Å². The Morgan fingerprint density at radius 3 is 2.75 bits per heavy atom. The van der Waals surface area contributed by atoms with Crippen molar-refractivity contribution < 1.29 is 4.39 Å². The summed E-state index contributed by atoms with van der Waals surface area (Å²) in [7, 11) is 0. The van der Waals surface area contributed by atoms with Gasteiger partial charge in [-0.15, -0.1) is 0 Å². The predicted octanol–water partition coefficient (Wildman–Crippen LogP) is 3.62. The lowest BCUT2D eigenvalue weighted by Crippen LogP contribution is -2.04. The van der Waals surface area contributed by atoms with Crippen molar-refractivity contribution in [3.8, 4) is 5.69 Å². The minimum atomic E-state index is -0.218. The van der Waals surface area contributed by atoms with Crippen LogP contribution in [0.1, 0.15) is 5.56 Å². The van der Waals surface area contributed by atoms with Crippen molar-refractivity contribution >= 4 is 5.69 Å². The van der Waals surface area contributed by atoms with Crippen LogP contribution in [0.3, 0.4) is 0 Å². The van der Waals surface area contributed by atoms with Gasteiger partial charge in [0.05, 0.1) is 11.4 Å². The van der Waals surface area contributed by atoms with Crippen molar-refractivity contribution in [2.45, 2.75) is 6.54 Å². The van der Waals surface area contributed by atoms with E-state index in [2.05, 4.69) is 10.4 Å². The highest BCUT2D eigenvalue weighted by Gasteiger charge is 2.04. The van der Waals surface area contributed by atoms with Gasteiger partial charge in [0.2, 0.25) is 0 Å². The molecule has 0 radical (unpaired) electrons. The fourth-order valence-corrected chi connectivity index (χ4v) is 2.08. The minimum absolute atomic E-state index is 0.218. The third kappa shape index (κ3) is 2.69. The highest BCUT2D eigenvalue weighted by atomic mass is 19.1. The summed E-state index contributed by atoms with van der Waals surface area (Å²) in [5.74, 6) is -0.218. The molecular formula is C16H14FN3. The van der Waals surface area contributed by atoms with E-state index in [4.69, 9.17) is 0 Å². The number of benzene rings is 2. The summed E-state index contributed by atoms with van der Waals surface area (Å²) in [6.07, 6.45) is 3.63. The van der Waals surface area contributed by atoms with Crippen molar-refractivity contribution in [3.63, 3.8) is 0 Å². The van der Waals surface area contributed by atoms with E-state index in [0.717, 1.165) is 16.9 Å². The molecule has 2 aromatic carbocycles. The number of para-hydroxylation sites is 2. The highest BCUT2D eigenvalue weighted by Crippen LogP contribution is 2.19. The third-order valence-corrected chi connectivity index (χ3v) is 3.03. The second kappa shape index (κ2) is 5.57. The summed E-state index contributed by atoms with van der Waals surface area (Å²) in [6, 6.07) is 16.4. The largest absolute Gasteiger partial charge is 0.379 e. The van der Waals surface area contributed by atoms with Gasteiger partial charge in [-0.1, -0.05) is 24.3 Å². The standard InChI is InChI=1S/C16H14FN3/c17-14-6-3-5-13(11-14)12-18-15-7-1-2-8-16(15)20-10-4-9-19-20/h1-11,18H,12H2. The molecule has 4 heteroatoms. The maximum absolute atomic E-state index is 13.2. The molecule has 3 nitrogen and oxygen atoms in total. The second-order valence-electron chi connectivity index (χ2n) is 4.45. The van der Waals surface area contributed by atoms with Gasteiger partial charge in [0.15, 0.2) is 0 Å². The summed E-state index contributed by atoms with van der Waals surface area (Å²) < 4.78 is 15.0. The molecular weight excluding hydrogens is 253 g/mol. The third-order valence-electron chi connectivity index (χ3n) is 3.03. The fraction of sp³-hybridized carbons (Fsp3) is 0.0625. The van der Waals surface area contributed by atoms with Gasteiger partial charge >= 0.3 is 0 Å². The number of aromatic nitrogens is 2. The van der Waals surface area contributed by atoms with Gasteiger partial charge in [-0.3, -0.25) is 0 Å². The van der Waals surface area contributed by atoms with Gasteiger partial charge in [-0.2, -0.15) is 5.10 Å². The van der Waals surface area contributed by atoms with Gasteiger partial charge in [0.1, 0.15) is 5.82 Å². The molecule has 20 heavy (non-hydrogen) atoms. The van der Waals surface area contributed by atoms with Crippen LogP contribution in [-0.2, 0) is 6.54 Å². The molecule has 0 fully saturated rings. The number of halogens is 1. The van der Waals surface area contributed by atoms with Gasteiger partial charge in [-0.05, 0) is 35.9 Å². The summed E-state index contributed by atoms with van der Waals surface area (Å²) in [6.45, 7) is 0.566. The molecule has 3 aromatic rings. The minimum Gasteiger partial charge on any atom is -0.379 e. The number of hydrogen-bond donors (Lipinski definition) is 1. The number of anilines is 1. The molecule has 0 bridgehead atoms. The van der Waals surface area contributed by atoms with Crippen molar-refractivity contribution in [2.24, 2.45) is 0 Å². The van der Waals surface area contributed by atoms with E-state index in [1.54, 1.807) is 16.9 Å². The van der Waals surface area contributed by atoms with E-state index < -0.39 is 0 Å². The lowest BCUT2D eigenvalue weighted by Gasteiger charge is -2.12. The normalized spacial score (nSPS) is 10.4. The molecule has 0 saturated heterocycles. The van der Waals surface area contributed by atoms with E-state index in [9.17, 15) is 4.39 Å². The van der Waals surface area contributed by atoms with Crippen LogP contribution in [0.2, 0.25) is 0 Å². The predicted molar refractivity (Wildman–Crippen MR) is 77.3 cm³/mol. The highest BCUT2D eigenvalue weighted by molar-refractivity contribution is 5.60. The van der Waals surface area contributed by atoms with Crippen LogP contribution in [0, 0.1) is 5.82 Å². The van der Waals surface area contributed by atoms with E-state index in [-0.39, 0.29) is 5.82 Å². The Labute approximate surface area is 116 Å². The van der Waals surface area contributed by atoms with E-state index in [0.29, 0.717) is 6.54 Å². The van der Waals surface area contributed by atoms with E-state index >= 15 is 0 Å². The zero-order valence-corrected chi connectivity index (χ0v) is 10.8. The number of hydrogen-bond acceptors (Lipinski definition) is 2. The Kier molecular flexibility index (Phi) is 3.46. The zero-order valence-electron chi connectivity index (χ0n) is 10.8. The smallest absolute Gasteiger partial charge is 0.123 e. The maximum Gasteiger partial charge on any atom is 0.123 e. The molecule has 0 aliphatic carbocycles. The second-order valence-corrected chi connectivity index (χ2v) is 4.45. The van der Waals surface area contributed by atoms with Gasteiger partial charge in [0.25, 0.3) is 0 Å². The first-order valence-corrected chi connectivity index (χ1v) is 6.40. The first kappa shape index (κ1) is 12.4. The topological polar surface area (TPSA) is 29.9 Å². The van der Waals surface area contributed by atoms with Crippen LogP contribution in [0.5, 0.6) is 0 Å². The Hall–Kier alpha value is -2.62. The Morgan fingerprint density at radius 2 is 1.95 bits per heavy atom. The molecule has 1 aromatic heterocycles. The average molecular weight is 267 g/mol. The van der Waals surface area contributed by atoms with Crippen LogP contribution in [-0.4, -0.2) is 9.78 Å². The first-order chi connectivity index (χ1) is 9.83. The number of nitrogens with zero attached hydrogens (tertiary/aromatic N) is 2. The summed E-state index contributed by atoms with van der Waals surface area (Å²) in [5.41, 5.74) is 2.83. The van der Waals surface area contributed by atoms with Crippen molar-refractivity contribution in [2.75, 3.05) is 5.32 Å². The summed E-state index contributed by atoms with van der Waals surface area (Å²) >= 11 is 0. The monoisotopic (exact) mass is 267 g/mol. The van der Waals surface area contributed by atoms with Crippen LogP contribution >= 0.6 is 0 Å². The van der Waals surface area contributed by atoms with Crippen LogP contribution in [0.4, 0.5) is 10.1 Å². The van der Waals surface area contributed by atoms with Gasteiger partial charge in [0, 0.05) is 18.9 Å².